The molecule has 0 aliphatic carbocycles. The smallest absolute Gasteiger partial charge is 0.153 e. The van der Waals surface area contributed by atoms with Gasteiger partial charge in [0.2, 0.25) is 0 Å². The molecule has 0 atom stereocenters. The van der Waals surface area contributed by atoms with Crippen molar-refractivity contribution in [2.45, 2.75) is 6.92 Å². The van der Waals surface area contributed by atoms with E-state index in [1.165, 1.54) is 6.07 Å². The average molecular weight is 308 g/mol. The molecule has 0 spiro atoms. The fourth-order valence-electron chi connectivity index (χ4n) is 2.12. The number of hydrogen-bond donors (Lipinski definition) is 2. The Kier molecular flexibility index (Phi) is 3.23. The number of H-pyrrole nitrogens is 1. The van der Waals surface area contributed by atoms with Crippen molar-refractivity contribution >= 4 is 28.8 Å². The Bertz CT molecular complexity index is 779. The maximum atomic E-state index is 14.2. The van der Waals surface area contributed by atoms with E-state index in [0.717, 1.165) is 16.1 Å². The van der Waals surface area contributed by atoms with Crippen molar-refractivity contribution in [3.8, 4) is 21.7 Å². The summed E-state index contributed by atoms with van der Waals surface area (Å²) in [6.07, 6.45) is 0. The summed E-state index contributed by atoms with van der Waals surface area (Å²) >= 11 is 7.40. The molecule has 0 bridgehead atoms. The number of nitrogens with zero attached hydrogens (tertiary/aromatic N) is 1. The highest BCUT2D eigenvalue weighted by Crippen LogP contribution is 2.40. The molecule has 0 saturated carbocycles. The number of nitrogen functional groups attached to an aromatic ring is 1. The summed E-state index contributed by atoms with van der Waals surface area (Å²) in [4.78, 5) is 0.989. The van der Waals surface area contributed by atoms with Crippen LogP contribution in [-0.2, 0) is 0 Å². The first kappa shape index (κ1) is 13.1. The number of nitrogens with one attached hydrogen (secondary N) is 1. The van der Waals surface area contributed by atoms with E-state index in [4.69, 9.17) is 17.3 Å². The summed E-state index contributed by atoms with van der Waals surface area (Å²) in [6.45, 7) is 1.99. The van der Waals surface area contributed by atoms with Crippen LogP contribution in [0.2, 0.25) is 5.02 Å². The summed E-state index contributed by atoms with van der Waals surface area (Å²) in [6, 6.07) is 6.84. The van der Waals surface area contributed by atoms with Crippen LogP contribution in [0.5, 0.6) is 0 Å². The number of anilines is 1. The highest BCUT2D eigenvalue weighted by Gasteiger charge is 2.20. The van der Waals surface area contributed by atoms with Gasteiger partial charge in [0.05, 0.1) is 21.2 Å². The summed E-state index contributed by atoms with van der Waals surface area (Å²) in [5.74, 6) is -0.230. The molecule has 102 valence electrons. The SMILES string of the molecule is Cc1ccsc1-c1[nH]nc(N)c1-c1cccc(Cl)c1F. The van der Waals surface area contributed by atoms with E-state index in [1.54, 1.807) is 23.5 Å². The lowest BCUT2D eigenvalue weighted by atomic mass is 10.0. The van der Waals surface area contributed by atoms with Crippen molar-refractivity contribution in [2.75, 3.05) is 5.73 Å². The minimum atomic E-state index is -0.488. The molecule has 0 saturated heterocycles. The normalized spacial score (nSPS) is 10.9. The third kappa shape index (κ3) is 1.99. The maximum Gasteiger partial charge on any atom is 0.153 e. The van der Waals surface area contributed by atoms with Gasteiger partial charge in [-0.3, -0.25) is 5.10 Å². The Morgan fingerprint density at radius 1 is 1.35 bits per heavy atom. The fourth-order valence-corrected chi connectivity index (χ4v) is 3.22. The minimum Gasteiger partial charge on any atom is -0.382 e. The monoisotopic (exact) mass is 307 g/mol. The molecule has 3 nitrogen and oxygen atoms in total. The molecule has 0 aliphatic rings. The predicted octanol–water partition coefficient (Wildman–Crippen LogP) is 4.49. The molecule has 6 heteroatoms. The number of halogens is 2. The summed E-state index contributed by atoms with van der Waals surface area (Å²) in [5, 5.41) is 8.94. The summed E-state index contributed by atoms with van der Waals surface area (Å²) in [5.41, 5.74) is 8.61. The molecule has 1 aromatic carbocycles. The Morgan fingerprint density at radius 3 is 2.85 bits per heavy atom. The van der Waals surface area contributed by atoms with Crippen LogP contribution in [0.15, 0.2) is 29.6 Å². The number of hydrogen-bond acceptors (Lipinski definition) is 3. The number of aryl methyl sites for hydroxylation is 1. The van der Waals surface area contributed by atoms with Crippen LogP contribution in [0.1, 0.15) is 5.56 Å². The van der Waals surface area contributed by atoms with Gasteiger partial charge in [0.15, 0.2) is 5.82 Å². The zero-order chi connectivity index (χ0) is 14.3. The largest absolute Gasteiger partial charge is 0.382 e. The molecule has 3 N–H and O–H groups in total. The highest BCUT2D eigenvalue weighted by atomic mass is 35.5. The van der Waals surface area contributed by atoms with Crippen molar-refractivity contribution in [1.82, 2.24) is 10.2 Å². The van der Waals surface area contributed by atoms with Crippen LogP contribution < -0.4 is 5.73 Å². The molecule has 2 heterocycles. The van der Waals surface area contributed by atoms with E-state index in [-0.39, 0.29) is 10.8 Å². The van der Waals surface area contributed by atoms with Gasteiger partial charge in [0, 0.05) is 5.56 Å². The second kappa shape index (κ2) is 4.92. The van der Waals surface area contributed by atoms with Crippen LogP contribution in [0.3, 0.4) is 0 Å². The third-order valence-corrected chi connectivity index (χ3v) is 4.43. The van der Waals surface area contributed by atoms with E-state index >= 15 is 0 Å². The molecule has 3 rings (SSSR count). The van der Waals surface area contributed by atoms with E-state index in [0.29, 0.717) is 11.1 Å². The molecule has 0 fully saturated rings. The molecule has 2 aromatic heterocycles. The zero-order valence-corrected chi connectivity index (χ0v) is 12.1. The Balaban J connectivity index is 2.27. The number of nitrogens with two attached hydrogens (primary N) is 1. The first-order chi connectivity index (χ1) is 9.59. The second-order valence-corrected chi connectivity index (χ2v) is 5.72. The van der Waals surface area contributed by atoms with Crippen LogP contribution in [-0.4, -0.2) is 10.2 Å². The second-order valence-electron chi connectivity index (χ2n) is 4.39. The van der Waals surface area contributed by atoms with Crippen molar-refractivity contribution in [2.24, 2.45) is 0 Å². The Hall–Kier alpha value is -1.85. The molecular formula is C14H11ClFN3S. The molecule has 3 aromatic rings. The molecular weight excluding hydrogens is 297 g/mol. The number of aromatic amines is 1. The number of aromatic nitrogens is 2. The van der Waals surface area contributed by atoms with E-state index in [9.17, 15) is 4.39 Å². The van der Waals surface area contributed by atoms with Crippen LogP contribution in [0.4, 0.5) is 10.2 Å². The third-order valence-electron chi connectivity index (χ3n) is 3.10. The van der Waals surface area contributed by atoms with Crippen LogP contribution in [0.25, 0.3) is 21.7 Å². The maximum absolute atomic E-state index is 14.2. The standard InChI is InChI=1S/C14H11ClFN3S/c1-7-5-6-20-13(7)12-10(14(17)19-18-12)8-3-2-4-9(15)11(8)16/h2-6H,1H3,(H3,17,18,19). The van der Waals surface area contributed by atoms with Gasteiger partial charge in [0.25, 0.3) is 0 Å². The van der Waals surface area contributed by atoms with Gasteiger partial charge in [-0.25, -0.2) is 4.39 Å². The van der Waals surface area contributed by atoms with Gasteiger partial charge in [0.1, 0.15) is 5.82 Å². The van der Waals surface area contributed by atoms with Gasteiger partial charge in [-0.15, -0.1) is 11.3 Å². The Morgan fingerprint density at radius 2 is 2.15 bits per heavy atom. The minimum absolute atomic E-state index is 0.0666. The quantitative estimate of drug-likeness (QED) is 0.733. The molecule has 0 unspecified atom stereocenters. The molecule has 0 radical (unpaired) electrons. The Labute approximate surface area is 124 Å². The first-order valence-electron chi connectivity index (χ1n) is 5.92. The first-order valence-corrected chi connectivity index (χ1v) is 7.18. The highest BCUT2D eigenvalue weighted by molar-refractivity contribution is 7.13. The fraction of sp³-hybridized carbons (Fsp3) is 0.0714. The molecule has 0 aliphatic heterocycles. The number of thiophene rings is 1. The van der Waals surface area contributed by atoms with Crippen LogP contribution >= 0.6 is 22.9 Å². The van der Waals surface area contributed by atoms with Crippen molar-refractivity contribution < 1.29 is 4.39 Å². The van der Waals surface area contributed by atoms with Gasteiger partial charge in [-0.05, 0) is 30.0 Å². The number of rotatable bonds is 2. The van der Waals surface area contributed by atoms with Crippen molar-refractivity contribution in [1.29, 1.82) is 0 Å². The zero-order valence-electron chi connectivity index (χ0n) is 10.6. The van der Waals surface area contributed by atoms with Gasteiger partial charge < -0.3 is 5.73 Å². The topological polar surface area (TPSA) is 54.7 Å². The average Bonchev–Trinajstić information content (AvgIpc) is 2.99. The van der Waals surface area contributed by atoms with E-state index in [1.807, 2.05) is 18.4 Å². The van der Waals surface area contributed by atoms with Crippen molar-refractivity contribution in [3.05, 3.63) is 46.0 Å². The van der Waals surface area contributed by atoms with Crippen molar-refractivity contribution in [3.63, 3.8) is 0 Å². The van der Waals surface area contributed by atoms with Gasteiger partial charge >= 0.3 is 0 Å². The lowest BCUT2D eigenvalue weighted by Gasteiger charge is -2.06. The van der Waals surface area contributed by atoms with E-state index in [2.05, 4.69) is 10.2 Å². The molecule has 0 amide bonds. The van der Waals surface area contributed by atoms with Gasteiger partial charge in [-0.2, -0.15) is 5.10 Å². The van der Waals surface area contributed by atoms with E-state index < -0.39 is 5.82 Å². The molecule has 20 heavy (non-hydrogen) atoms. The van der Waals surface area contributed by atoms with Crippen LogP contribution in [0, 0.1) is 12.7 Å². The summed E-state index contributed by atoms with van der Waals surface area (Å²) in [7, 11) is 0. The summed E-state index contributed by atoms with van der Waals surface area (Å²) < 4.78 is 14.2. The predicted molar refractivity (Wildman–Crippen MR) is 81.5 cm³/mol. The lowest BCUT2D eigenvalue weighted by molar-refractivity contribution is 0.632. The number of benzene rings is 1. The lowest BCUT2D eigenvalue weighted by Crippen LogP contribution is -1.92. The van der Waals surface area contributed by atoms with Gasteiger partial charge in [-0.1, -0.05) is 23.7 Å².